The van der Waals surface area contributed by atoms with Gasteiger partial charge >= 0.3 is 0 Å². The summed E-state index contributed by atoms with van der Waals surface area (Å²) >= 11 is 0. The molecule has 0 N–H and O–H groups in total. The van der Waals surface area contributed by atoms with Gasteiger partial charge in [0.1, 0.15) is 11.5 Å². The fourth-order valence-electron chi connectivity index (χ4n) is 0.720. The molecular weight excluding hydrogens is 206 g/mol. The van der Waals surface area contributed by atoms with Gasteiger partial charge in [-0.05, 0) is 9.05 Å². The molecule has 0 aromatic heterocycles. The molecule has 2 unspecified atom stereocenters. The summed E-state index contributed by atoms with van der Waals surface area (Å²) in [6.07, 6.45) is -0.0532. The fourth-order valence-corrected chi connectivity index (χ4v) is 0.720. The minimum atomic E-state index is -1.15. The summed E-state index contributed by atoms with van der Waals surface area (Å²) in [5.74, 6) is -0.247. The molecule has 84 valence electrons. The Morgan fingerprint density at radius 2 is 1.27 bits per heavy atom. The summed E-state index contributed by atoms with van der Waals surface area (Å²) in [5, 5.41) is 0. The monoisotopic (exact) mass is 218 g/mol. The van der Waals surface area contributed by atoms with Gasteiger partial charge in [-0.25, -0.2) is 0 Å². The zero-order chi connectivity index (χ0) is 11.8. The zero-order valence-corrected chi connectivity index (χ0v) is 8.12. The van der Waals surface area contributed by atoms with E-state index in [0.29, 0.717) is 0 Å². The third kappa shape index (κ3) is 4.05. The van der Waals surface area contributed by atoms with Crippen molar-refractivity contribution in [2.75, 3.05) is 0 Å². The second-order valence-corrected chi connectivity index (χ2v) is 2.53. The van der Waals surface area contributed by atoms with Crippen molar-refractivity contribution >= 4 is 0 Å². The number of ether oxygens (including phenoxy) is 1. The molecule has 0 bridgehead atoms. The van der Waals surface area contributed by atoms with Gasteiger partial charge < -0.3 is 4.74 Å². The molecule has 0 aromatic rings. The van der Waals surface area contributed by atoms with Crippen molar-refractivity contribution in [3.05, 3.63) is 50.0 Å². The molecule has 0 aliphatic carbocycles. The van der Waals surface area contributed by atoms with Crippen molar-refractivity contribution < 1.29 is 23.7 Å². The predicted octanol–water partition coefficient (Wildman–Crippen LogP) is 2.94. The Morgan fingerprint density at radius 3 is 1.47 bits per heavy atom. The molecule has 0 aliphatic rings. The van der Waals surface area contributed by atoms with Crippen LogP contribution in [-0.2, 0) is 14.6 Å². The van der Waals surface area contributed by atoms with Gasteiger partial charge in [0.15, 0.2) is 12.2 Å². The molecule has 0 radical (unpaired) electrons. The third-order valence-electron chi connectivity index (χ3n) is 1.52. The Hall–Kier alpha value is -1.46. The van der Waals surface area contributed by atoms with Crippen LogP contribution in [0.4, 0.5) is 9.05 Å². The molecule has 0 fully saturated rings. The summed E-state index contributed by atoms with van der Waals surface area (Å²) < 4.78 is 28.6. The maximum atomic E-state index is 11.9. The topological polar surface area (TPSA) is 27.7 Å². The smallest absolute Gasteiger partial charge is 0.173 e. The Morgan fingerprint density at radius 1 is 0.933 bits per heavy atom. The summed E-state index contributed by atoms with van der Waals surface area (Å²) in [5.41, 5.74) is 0. The van der Waals surface area contributed by atoms with Crippen LogP contribution in [0.2, 0.25) is 0 Å². The number of halogens is 2. The lowest BCUT2D eigenvalue weighted by Gasteiger charge is -2.16. The lowest BCUT2D eigenvalue weighted by Crippen LogP contribution is -2.15. The van der Waals surface area contributed by atoms with Crippen LogP contribution in [0, 0.1) is 0 Å². The van der Waals surface area contributed by atoms with E-state index < -0.39 is 12.2 Å². The molecule has 0 rings (SSSR count). The van der Waals surface area contributed by atoms with Crippen LogP contribution >= 0.6 is 0 Å². The Balaban J connectivity index is 4.33. The molecule has 15 heavy (non-hydrogen) atoms. The third-order valence-corrected chi connectivity index (χ3v) is 1.52. The lowest BCUT2D eigenvalue weighted by atomic mass is 10.3. The van der Waals surface area contributed by atoms with Crippen LogP contribution in [0.25, 0.3) is 0 Å². The highest BCUT2D eigenvalue weighted by Crippen LogP contribution is 2.16. The molecule has 0 saturated carbocycles. The van der Waals surface area contributed by atoms with Gasteiger partial charge in [-0.2, -0.15) is 9.88 Å². The van der Waals surface area contributed by atoms with Gasteiger partial charge in [-0.1, -0.05) is 38.5 Å². The van der Waals surface area contributed by atoms with Gasteiger partial charge in [0, 0.05) is 0 Å². The summed E-state index contributed by atoms with van der Waals surface area (Å²) in [6.45, 7) is 13.3. The maximum Gasteiger partial charge on any atom is 0.173 e. The van der Waals surface area contributed by atoms with Gasteiger partial charge in [0.05, 0.1) is 0 Å². The van der Waals surface area contributed by atoms with Crippen molar-refractivity contribution in [1.82, 2.24) is 0 Å². The summed E-state index contributed by atoms with van der Waals surface area (Å²) in [6, 6.07) is 0. The average molecular weight is 218 g/mol. The van der Waals surface area contributed by atoms with E-state index in [0.717, 1.165) is 12.2 Å². The van der Waals surface area contributed by atoms with Gasteiger partial charge in [-0.15, -0.1) is 0 Å². The summed E-state index contributed by atoms with van der Waals surface area (Å²) in [4.78, 5) is 6.93. The van der Waals surface area contributed by atoms with Crippen molar-refractivity contribution in [3.63, 3.8) is 0 Å². The maximum absolute atomic E-state index is 11.9. The van der Waals surface area contributed by atoms with Crippen LogP contribution in [0.1, 0.15) is 0 Å². The standard InChI is InChI=1S/C10H12F2O3/c1-5-9(14-11)7(3)13-8(4)10(6-2)15-12/h5-6,9-10H,1-4H2. The van der Waals surface area contributed by atoms with E-state index in [2.05, 4.69) is 36.2 Å². The first-order valence-corrected chi connectivity index (χ1v) is 3.96. The second-order valence-electron chi connectivity index (χ2n) is 2.53. The fraction of sp³-hybridized carbons (Fsp3) is 0.200. The predicted molar refractivity (Wildman–Crippen MR) is 51.7 cm³/mol. The van der Waals surface area contributed by atoms with Crippen LogP contribution in [0.5, 0.6) is 0 Å². The van der Waals surface area contributed by atoms with Gasteiger partial charge in [-0.3, -0.25) is 0 Å². The van der Waals surface area contributed by atoms with Crippen molar-refractivity contribution in [2.45, 2.75) is 12.2 Å². The normalized spacial score (nSPS) is 13.7. The lowest BCUT2D eigenvalue weighted by molar-refractivity contribution is -0.170. The highest BCUT2D eigenvalue weighted by Gasteiger charge is 2.17. The first kappa shape index (κ1) is 13.5. The van der Waals surface area contributed by atoms with Crippen molar-refractivity contribution in [2.24, 2.45) is 0 Å². The molecule has 0 amide bonds. The first-order valence-electron chi connectivity index (χ1n) is 3.96. The quantitative estimate of drug-likeness (QED) is 0.463. The van der Waals surface area contributed by atoms with Crippen molar-refractivity contribution in [3.8, 4) is 0 Å². The van der Waals surface area contributed by atoms with Crippen molar-refractivity contribution in [1.29, 1.82) is 0 Å². The van der Waals surface area contributed by atoms with E-state index in [1.165, 1.54) is 0 Å². The molecule has 0 spiro atoms. The average Bonchev–Trinajstić information content (AvgIpc) is 2.21. The zero-order valence-electron chi connectivity index (χ0n) is 8.12. The number of rotatable bonds is 8. The minimum absolute atomic E-state index is 0.124. The SMILES string of the molecule is C=CC(OF)C(=C)OC(=C)C(C=C)OF. The van der Waals surface area contributed by atoms with E-state index >= 15 is 0 Å². The van der Waals surface area contributed by atoms with E-state index in [9.17, 15) is 9.05 Å². The van der Waals surface area contributed by atoms with E-state index in [4.69, 9.17) is 4.74 Å². The highest BCUT2D eigenvalue weighted by molar-refractivity contribution is 5.10. The Kier molecular flexibility index (Phi) is 6.24. The highest BCUT2D eigenvalue weighted by atomic mass is 19.3. The van der Waals surface area contributed by atoms with E-state index in [-0.39, 0.29) is 11.5 Å². The first-order chi connectivity index (χ1) is 7.10. The van der Waals surface area contributed by atoms with E-state index in [1.807, 2.05) is 0 Å². The molecule has 3 nitrogen and oxygen atoms in total. The largest absolute Gasteiger partial charge is 0.461 e. The minimum Gasteiger partial charge on any atom is -0.461 e. The number of hydrogen-bond acceptors (Lipinski definition) is 3. The molecular formula is C10H12F2O3. The van der Waals surface area contributed by atoms with Gasteiger partial charge in [0.25, 0.3) is 0 Å². The van der Waals surface area contributed by atoms with Gasteiger partial charge in [0.2, 0.25) is 0 Å². The molecule has 0 aliphatic heterocycles. The molecule has 0 aromatic carbocycles. The molecule has 0 saturated heterocycles. The van der Waals surface area contributed by atoms with Crippen LogP contribution in [0.3, 0.4) is 0 Å². The molecule has 2 atom stereocenters. The Labute approximate surface area is 86.7 Å². The summed E-state index contributed by atoms with van der Waals surface area (Å²) in [7, 11) is 0. The Bertz CT molecular complexity index is 237. The van der Waals surface area contributed by atoms with Crippen LogP contribution < -0.4 is 0 Å². The molecule has 0 heterocycles. The number of hydrogen-bond donors (Lipinski definition) is 0. The molecule has 5 heteroatoms. The van der Waals surface area contributed by atoms with Crippen LogP contribution in [0.15, 0.2) is 50.0 Å². The second kappa shape index (κ2) is 6.92. The van der Waals surface area contributed by atoms with E-state index in [1.54, 1.807) is 0 Å². The van der Waals surface area contributed by atoms with Crippen LogP contribution in [-0.4, -0.2) is 12.2 Å².